The molecule has 1 aliphatic heterocycles. The number of piperazine rings is 1. The number of ether oxygens (including phenoxy) is 1. The average Bonchev–Trinajstić information content (AvgIpc) is 2.96. The zero-order chi connectivity index (χ0) is 17.3. The third-order valence-electron chi connectivity index (χ3n) is 5.02. The van der Waals surface area contributed by atoms with Crippen LogP contribution < -0.4 is 4.74 Å². The Labute approximate surface area is 144 Å². The smallest absolute Gasteiger partial charge is 0.230 e. The quantitative estimate of drug-likeness (QED) is 0.911. The number of hydrogen-bond acceptors (Lipinski definition) is 4. The Balaban J connectivity index is 1.63. The lowest BCUT2D eigenvalue weighted by Gasteiger charge is -2.38. The van der Waals surface area contributed by atoms with Gasteiger partial charge in [-0.2, -0.15) is 0 Å². The molecule has 132 valence electrons. The first-order chi connectivity index (χ1) is 11.4. The second kappa shape index (κ2) is 6.73. The molecule has 1 N–H and O–H groups in total. The number of β-amino-alcohol motifs (C(OH)–C–C–N with tert-alkyl or cyclic N) is 1. The largest absolute Gasteiger partial charge is 0.497 e. The summed E-state index contributed by atoms with van der Waals surface area (Å²) < 4.78 is 5.32. The van der Waals surface area contributed by atoms with Crippen LogP contribution in [0.2, 0.25) is 0 Å². The Morgan fingerprint density at radius 1 is 1.29 bits per heavy atom. The molecule has 1 fully saturated rings. The maximum absolute atomic E-state index is 13.0. The van der Waals surface area contributed by atoms with E-state index in [1.165, 1.54) is 5.56 Å². The lowest BCUT2D eigenvalue weighted by atomic mass is 9.99. The molecule has 1 aromatic carbocycles. The van der Waals surface area contributed by atoms with E-state index in [2.05, 4.69) is 11.0 Å². The summed E-state index contributed by atoms with van der Waals surface area (Å²) in [4.78, 5) is 17.2. The fourth-order valence-corrected chi connectivity index (χ4v) is 3.86. The van der Waals surface area contributed by atoms with Gasteiger partial charge in [0, 0.05) is 32.7 Å². The summed E-state index contributed by atoms with van der Waals surface area (Å²) in [6, 6.07) is 6.08. The van der Waals surface area contributed by atoms with Crippen molar-refractivity contribution >= 4 is 5.91 Å². The zero-order valence-electron chi connectivity index (χ0n) is 14.9. The van der Waals surface area contributed by atoms with Gasteiger partial charge in [-0.3, -0.25) is 9.69 Å². The molecule has 0 saturated carbocycles. The van der Waals surface area contributed by atoms with Gasteiger partial charge in [-0.25, -0.2) is 0 Å². The third kappa shape index (κ3) is 3.73. The highest BCUT2D eigenvalue weighted by atomic mass is 16.5. The van der Waals surface area contributed by atoms with E-state index >= 15 is 0 Å². The van der Waals surface area contributed by atoms with Crippen molar-refractivity contribution in [2.24, 2.45) is 0 Å². The summed E-state index contributed by atoms with van der Waals surface area (Å²) in [5, 5.41) is 9.94. The first-order valence-corrected chi connectivity index (χ1v) is 8.78. The molecule has 0 radical (unpaired) electrons. The maximum Gasteiger partial charge on any atom is 0.230 e. The van der Waals surface area contributed by atoms with Gasteiger partial charge in [-0.05, 0) is 49.9 Å². The molecular formula is C19H28N2O3. The van der Waals surface area contributed by atoms with Crippen molar-refractivity contribution in [1.82, 2.24) is 9.80 Å². The number of aryl methyl sites for hydroxylation is 1. The second-order valence-corrected chi connectivity index (χ2v) is 7.57. The monoisotopic (exact) mass is 332 g/mol. The van der Waals surface area contributed by atoms with Crippen LogP contribution in [-0.4, -0.2) is 66.2 Å². The molecule has 5 nitrogen and oxygen atoms in total. The van der Waals surface area contributed by atoms with Crippen LogP contribution in [0.4, 0.5) is 0 Å². The van der Waals surface area contributed by atoms with Crippen LogP contribution in [0.5, 0.6) is 5.75 Å². The highest BCUT2D eigenvalue weighted by molar-refractivity contribution is 5.85. The topological polar surface area (TPSA) is 53.0 Å². The zero-order valence-corrected chi connectivity index (χ0v) is 14.9. The minimum Gasteiger partial charge on any atom is -0.497 e. The Kier molecular flexibility index (Phi) is 4.83. The van der Waals surface area contributed by atoms with Crippen molar-refractivity contribution in [1.29, 1.82) is 0 Å². The average molecular weight is 332 g/mol. The molecule has 0 aromatic heterocycles. The molecule has 24 heavy (non-hydrogen) atoms. The number of fused-ring (bicyclic) bond motifs is 1. The molecule has 5 heteroatoms. The van der Waals surface area contributed by atoms with Crippen molar-refractivity contribution in [3.8, 4) is 5.75 Å². The summed E-state index contributed by atoms with van der Waals surface area (Å²) in [6.07, 6.45) is 1.86. The molecule has 2 aliphatic rings. The van der Waals surface area contributed by atoms with Crippen molar-refractivity contribution in [3.63, 3.8) is 0 Å². The molecule has 0 spiro atoms. The standard InChI is InChI=1S/C19H28N2O3/c1-19(2,23)13-20-8-10-21(11-9-20)18(22)16-7-5-14-4-6-15(24-3)12-17(14)16/h4,6,12,16,23H,5,7-11,13H2,1-3H3. The summed E-state index contributed by atoms with van der Waals surface area (Å²) in [6.45, 7) is 7.44. The number of rotatable bonds is 4. The molecule has 1 unspecified atom stereocenters. The maximum atomic E-state index is 13.0. The summed E-state index contributed by atoms with van der Waals surface area (Å²) >= 11 is 0. The first-order valence-electron chi connectivity index (χ1n) is 8.78. The molecule has 3 rings (SSSR count). The lowest BCUT2D eigenvalue weighted by molar-refractivity contribution is -0.134. The Hall–Kier alpha value is -1.59. The van der Waals surface area contributed by atoms with Crippen LogP contribution in [0.25, 0.3) is 0 Å². The van der Waals surface area contributed by atoms with Gasteiger partial charge in [0.25, 0.3) is 0 Å². The Morgan fingerprint density at radius 3 is 2.62 bits per heavy atom. The highest BCUT2D eigenvalue weighted by Crippen LogP contribution is 2.36. The van der Waals surface area contributed by atoms with E-state index in [1.54, 1.807) is 7.11 Å². The van der Waals surface area contributed by atoms with E-state index in [4.69, 9.17) is 4.74 Å². The molecule has 0 bridgehead atoms. The summed E-state index contributed by atoms with van der Waals surface area (Å²) in [5.41, 5.74) is 1.72. The molecule has 1 heterocycles. The van der Waals surface area contributed by atoms with Crippen LogP contribution in [-0.2, 0) is 11.2 Å². The molecular weight excluding hydrogens is 304 g/mol. The fourth-order valence-electron chi connectivity index (χ4n) is 3.86. The molecule has 1 amide bonds. The van der Waals surface area contributed by atoms with Crippen molar-refractivity contribution in [3.05, 3.63) is 29.3 Å². The predicted octanol–water partition coefficient (Wildman–Crippen LogP) is 1.64. The van der Waals surface area contributed by atoms with E-state index in [-0.39, 0.29) is 11.8 Å². The minimum atomic E-state index is -0.687. The minimum absolute atomic E-state index is 0.0315. The van der Waals surface area contributed by atoms with Gasteiger partial charge < -0.3 is 14.7 Å². The predicted molar refractivity (Wildman–Crippen MR) is 93.4 cm³/mol. The van der Waals surface area contributed by atoms with Gasteiger partial charge in [0.2, 0.25) is 5.91 Å². The van der Waals surface area contributed by atoms with Gasteiger partial charge in [0.15, 0.2) is 0 Å². The summed E-state index contributed by atoms with van der Waals surface area (Å²) in [5.74, 6) is 1.03. The van der Waals surface area contributed by atoms with Gasteiger partial charge in [-0.1, -0.05) is 6.07 Å². The third-order valence-corrected chi connectivity index (χ3v) is 5.02. The van der Waals surface area contributed by atoms with Crippen molar-refractivity contribution in [2.75, 3.05) is 39.8 Å². The first kappa shape index (κ1) is 17.2. The SMILES string of the molecule is COc1ccc2c(c1)C(C(=O)N1CCN(CC(C)(C)O)CC1)CC2. The van der Waals surface area contributed by atoms with E-state index < -0.39 is 5.60 Å². The van der Waals surface area contributed by atoms with E-state index in [0.717, 1.165) is 50.3 Å². The van der Waals surface area contributed by atoms with Gasteiger partial charge in [-0.15, -0.1) is 0 Å². The van der Waals surface area contributed by atoms with Crippen LogP contribution in [0.15, 0.2) is 18.2 Å². The number of amides is 1. The number of hydrogen-bond donors (Lipinski definition) is 1. The van der Waals surface area contributed by atoms with Gasteiger partial charge in [0.05, 0.1) is 18.6 Å². The Bertz CT molecular complexity index is 601. The number of methoxy groups -OCH3 is 1. The van der Waals surface area contributed by atoms with E-state index in [9.17, 15) is 9.90 Å². The molecule has 1 atom stereocenters. The van der Waals surface area contributed by atoms with Crippen LogP contribution in [0, 0.1) is 0 Å². The summed E-state index contributed by atoms with van der Waals surface area (Å²) in [7, 11) is 1.66. The number of aliphatic hydroxyl groups is 1. The Morgan fingerprint density at radius 2 is 2.00 bits per heavy atom. The molecule has 1 aromatic rings. The number of nitrogens with zero attached hydrogens (tertiary/aromatic N) is 2. The van der Waals surface area contributed by atoms with Crippen LogP contribution >= 0.6 is 0 Å². The normalized spacial score (nSPS) is 21.7. The second-order valence-electron chi connectivity index (χ2n) is 7.57. The van der Waals surface area contributed by atoms with Crippen LogP contribution in [0.1, 0.15) is 37.3 Å². The lowest BCUT2D eigenvalue weighted by Crippen LogP contribution is -2.52. The molecule has 1 saturated heterocycles. The van der Waals surface area contributed by atoms with Gasteiger partial charge in [0.1, 0.15) is 5.75 Å². The number of benzene rings is 1. The van der Waals surface area contributed by atoms with E-state index in [1.807, 2.05) is 30.9 Å². The van der Waals surface area contributed by atoms with Gasteiger partial charge >= 0.3 is 0 Å². The highest BCUT2D eigenvalue weighted by Gasteiger charge is 2.34. The molecule has 1 aliphatic carbocycles. The fraction of sp³-hybridized carbons (Fsp3) is 0.632. The van der Waals surface area contributed by atoms with Crippen molar-refractivity contribution in [2.45, 2.75) is 38.2 Å². The van der Waals surface area contributed by atoms with Crippen molar-refractivity contribution < 1.29 is 14.6 Å². The van der Waals surface area contributed by atoms with E-state index in [0.29, 0.717) is 6.54 Å². The number of carbonyl (C=O) groups excluding carboxylic acids is 1. The number of carbonyl (C=O) groups is 1. The van der Waals surface area contributed by atoms with Crippen LogP contribution in [0.3, 0.4) is 0 Å².